The Kier molecular flexibility index (Phi) is 6.03. The molecule has 1 atom stereocenters. The van der Waals surface area contributed by atoms with Gasteiger partial charge in [0.2, 0.25) is 5.91 Å². The van der Waals surface area contributed by atoms with E-state index >= 15 is 0 Å². The lowest BCUT2D eigenvalue weighted by Gasteiger charge is -2.28. The highest BCUT2D eigenvalue weighted by molar-refractivity contribution is 8.00. The SMILES string of the molecule is Cc1ccc(S[C@H](C)C(=O)Nc2ccc(N3CCCCC3)cc2)cc1. The van der Waals surface area contributed by atoms with E-state index in [1.807, 2.05) is 19.1 Å². The molecular weight excluding hydrogens is 328 g/mol. The molecule has 2 aromatic carbocycles. The van der Waals surface area contributed by atoms with E-state index in [4.69, 9.17) is 0 Å². The lowest BCUT2D eigenvalue weighted by Crippen LogP contribution is -2.29. The molecule has 1 aliphatic heterocycles. The average molecular weight is 355 g/mol. The first kappa shape index (κ1) is 17.9. The predicted molar refractivity (Wildman–Crippen MR) is 108 cm³/mol. The van der Waals surface area contributed by atoms with Crippen molar-refractivity contribution in [3.63, 3.8) is 0 Å². The number of nitrogens with one attached hydrogen (secondary N) is 1. The summed E-state index contributed by atoms with van der Waals surface area (Å²) in [5, 5.41) is 2.89. The lowest BCUT2D eigenvalue weighted by molar-refractivity contribution is -0.115. The summed E-state index contributed by atoms with van der Waals surface area (Å²) < 4.78 is 0. The van der Waals surface area contributed by atoms with Crippen LogP contribution >= 0.6 is 11.8 Å². The maximum Gasteiger partial charge on any atom is 0.237 e. The predicted octanol–water partition coefficient (Wildman–Crippen LogP) is 5.10. The summed E-state index contributed by atoms with van der Waals surface area (Å²) >= 11 is 1.59. The molecule has 0 saturated carbocycles. The normalized spacial score (nSPS) is 15.7. The van der Waals surface area contributed by atoms with Gasteiger partial charge in [0.1, 0.15) is 0 Å². The number of nitrogens with zero attached hydrogens (tertiary/aromatic N) is 1. The Balaban J connectivity index is 1.55. The second-order valence-electron chi connectivity index (χ2n) is 6.66. The van der Waals surface area contributed by atoms with E-state index in [1.54, 1.807) is 11.8 Å². The highest BCUT2D eigenvalue weighted by Crippen LogP contribution is 2.25. The van der Waals surface area contributed by atoms with Gasteiger partial charge in [-0.05, 0) is 69.5 Å². The molecule has 0 radical (unpaired) electrons. The monoisotopic (exact) mass is 354 g/mol. The van der Waals surface area contributed by atoms with Crippen molar-refractivity contribution >= 4 is 29.0 Å². The van der Waals surface area contributed by atoms with Crippen molar-refractivity contribution in [2.24, 2.45) is 0 Å². The van der Waals surface area contributed by atoms with Crippen LogP contribution in [0.1, 0.15) is 31.7 Å². The smallest absolute Gasteiger partial charge is 0.237 e. The van der Waals surface area contributed by atoms with Crippen LogP contribution in [-0.4, -0.2) is 24.2 Å². The van der Waals surface area contributed by atoms with E-state index in [0.717, 1.165) is 23.7 Å². The Morgan fingerprint density at radius 2 is 1.64 bits per heavy atom. The van der Waals surface area contributed by atoms with Crippen molar-refractivity contribution < 1.29 is 4.79 Å². The number of rotatable bonds is 5. The van der Waals surface area contributed by atoms with Gasteiger partial charge in [-0.25, -0.2) is 0 Å². The second kappa shape index (κ2) is 8.43. The minimum atomic E-state index is -0.135. The quantitative estimate of drug-likeness (QED) is 0.758. The molecule has 3 nitrogen and oxygen atoms in total. The fourth-order valence-electron chi connectivity index (χ4n) is 3.03. The van der Waals surface area contributed by atoms with E-state index in [0.29, 0.717) is 0 Å². The molecule has 0 spiro atoms. The zero-order valence-corrected chi connectivity index (χ0v) is 15.8. The minimum absolute atomic E-state index is 0.0382. The van der Waals surface area contributed by atoms with E-state index in [2.05, 4.69) is 53.5 Å². The Labute approximate surface area is 154 Å². The van der Waals surface area contributed by atoms with Gasteiger partial charge in [-0.2, -0.15) is 0 Å². The zero-order chi connectivity index (χ0) is 17.6. The first-order valence-corrected chi connectivity index (χ1v) is 9.89. The Bertz CT molecular complexity index is 691. The standard InChI is InChI=1S/C21H26N2OS/c1-16-6-12-20(13-7-16)25-17(2)21(24)22-18-8-10-19(11-9-18)23-14-4-3-5-15-23/h6-13,17H,3-5,14-15H2,1-2H3,(H,22,24)/t17-/m1/s1. The molecule has 2 aromatic rings. The minimum Gasteiger partial charge on any atom is -0.372 e. The summed E-state index contributed by atoms with van der Waals surface area (Å²) in [7, 11) is 0. The topological polar surface area (TPSA) is 32.3 Å². The van der Waals surface area contributed by atoms with Crippen LogP contribution in [0.3, 0.4) is 0 Å². The molecule has 132 valence electrons. The molecule has 1 N–H and O–H groups in total. The highest BCUT2D eigenvalue weighted by Gasteiger charge is 2.15. The van der Waals surface area contributed by atoms with Crippen molar-refractivity contribution in [2.45, 2.75) is 43.3 Å². The number of hydrogen-bond acceptors (Lipinski definition) is 3. The van der Waals surface area contributed by atoms with E-state index in [-0.39, 0.29) is 11.2 Å². The van der Waals surface area contributed by atoms with Crippen LogP contribution in [0.5, 0.6) is 0 Å². The van der Waals surface area contributed by atoms with Crippen LogP contribution in [0, 0.1) is 6.92 Å². The van der Waals surface area contributed by atoms with Gasteiger partial charge < -0.3 is 10.2 Å². The largest absolute Gasteiger partial charge is 0.372 e. The van der Waals surface area contributed by atoms with Gasteiger partial charge in [-0.1, -0.05) is 17.7 Å². The van der Waals surface area contributed by atoms with Crippen LogP contribution in [0.25, 0.3) is 0 Å². The molecule has 1 amide bonds. The number of thioether (sulfide) groups is 1. The van der Waals surface area contributed by atoms with Crippen LogP contribution in [0.2, 0.25) is 0 Å². The van der Waals surface area contributed by atoms with Crippen molar-refractivity contribution in [3.8, 4) is 0 Å². The molecule has 1 heterocycles. The van der Waals surface area contributed by atoms with Gasteiger partial charge in [-0.15, -0.1) is 11.8 Å². The lowest BCUT2D eigenvalue weighted by atomic mass is 10.1. The second-order valence-corrected chi connectivity index (χ2v) is 8.07. The number of hydrogen-bond donors (Lipinski definition) is 1. The van der Waals surface area contributed by atoms with E-state index in [9.17, 15) is 4.79 Å². The molecule has 4 heteroatoms. The number of piperidine rings is 1. The third-order valence-corrected chi connectivity index (χ3v) is 5.67. The van der Waals surface area contributed by atoms with Crippen LogP contribution in [-0.2, 0) is 4.79 Å². The number of anilines is 2. The molecule has 0 bridgehead atoms. The molecule has 1 saturated heterocycles. The molecule has 1 fully saturated rings. The number of benzene rings is 2. The van der Waals surface area contributed by atoms with E-state index in [1.165, 1.54) is 30.5 Å². The number of amides is 1. The van der Waals surface area contributed by atoms with Gasteiger partial charge in [0, 0.05) is 29.4 Å². The molecule has 0 aliphatic carbocycles. The van der Waals surface area contributed by atoms with Crippen LogP contribution in [0.15, 0.2) is 53.4 Å². The molecule has 0 aromatic heterocycles. The van der Waals surface area contributed by atoms with Gasteiger partial charge in [0.15, 0.2) is 0 Å². The number of aryl methyl sites for hydroxylation is 1. The Morgan fingerprint density at radius 3 is 2.28 bits per heavy atom. The zero-order valence-electron chi connectivity index (χ0n) is 15.0. The van der Waals surface area contributed by atoms with Crippen molar-refractivity contribution in [2.75, 3.05) is 23.3 Å². The first-order valence-electron chi connectivity index (χ1n) is 9.01. The summed E-state index contributed by atoms with van der Waals surface area (Å²) in [5.74, 6) is 0.0382. The van der Waals surface area contributed by atoms with Crippen molar-refractivity contribution in [3.05, 3.63) is 54.1 Å². The van der Waals surface area contributed by atoms with Gasteiger partial charge in [0.25, 0.3) is 0 Å². The highest BCUT2D eigenvalue weighted by atomic mass is 32.2. The summed E-state index contributed by atoms with van der Waals surface area (Å²) in [5.41, 5.74) is 3.34. The van der Waals surface area contributed by atoms with Crippen molar-refractivity contribution in [1.29, 1.82) is 0 Å². The summed E-state index contributed by atoms with van der Waals surface area (Å²) in [6.07, 6.45) is 3.87. The first-order chi connectivity index (χ1) is 12.1. The Morgan fingerprint density at radius 1 is 1.00 bits per heavy atom. The number of carbonyl (C=O) groups is 1. The maximum atomic E-state index is 12.4. The van der Waals surface area contributed by atoms with Gasteiger partial charge in [-0.3, -0.25) is 4.79 Å². The summed E-state index contributed by atoms with van der Waals surface area (Å²) in [6, 6.07) is 16.5. The molecule has 1 aliphatic rings. The van der Waals surface area contributed by atoms with Crippen molar-refractivity contribution in [1.82, 2.24) is 0 Å². The molecule has 25 heavy (non-hydrogen) atoms. The third kappa shape index (κ3) is 5.02. The van der Waals surface area contributed by atoms with E-state index < -0.39 is 0 Å². The number of carbonyl (C=O) groups excluding carboxylic acids is 1. The van der Waals surface area contributed by atoms with Crippen LogP contribution < -0.4 is 10.2 Å². The summed E-state index contributed by atoms with van der Waals surface area (Å²) in [4.78, 5) is 16.0. The maximum absolute atomic E-state index is 12.4. The van der Waals surface area contributed by atoms with Crippen LogP contribution in [0.4, 0.5) is 11.4 Å². The van der Waals surface area contributed by atoms with Gasteiger partial charge >= 0.3 is 0 Å². The summed E-state index contributed by atoms with van der Waals surface area (Å²) in [6.45, 7) is 6.28. The molecule has 3 rings (SSSR count). The Hall–Kier alpha value is -1.94. The third-order valence-electron chi connectivity index (χ3n) is 4.56. The molecule has 0 unspecified atom stereocenters. The fraction of sp³-hybridized carbons (Fsp3) is 0.381. The van der Waals surface area contributed by atoms with Gasteiger partial charge in [0.05, 0.1) is 5.25 Å². The molecular formula is C21H26N2OS. The average Bonchev–Trinajstić information content (AvgIpc) is 2.65. The fourth-order valence-corrected chi connectivity index (χ4v) is 3.89.